The zero-order chi connectivity index (χ0) is 19.6. The molecule has 1 N–H and O–H groups in total. The summed E-state index contributed by atoms with van der Waals surface area (Å²) in [6.45, 7) is 3.94. The zero-order valence-electron chi connectivity index (χ0n) is 15.4. The van der Waals surface area contributed by atoms with Gasteiger partial charge in [0.2, 0.25) is 0 Å². The number of carbonyl (C=O) groups excluding carboxylic acids is 1. The molecule has 0 radical (unpaired) electrons. The fourth-order valence-corrected chi connectivity index (χ4v) is 2.11. The molecule has 0 saturated heterocycles. The number of carboxylic acid groups (broad SMARTS) is 1. The fraction of sp³-hybridized carbons (Fsp3) is 0.286. The Balaban J connectivity index is 1.93. The number of nitrogens with zero attached hydrogens (tertiary/aromatic N) is 1. The monoisotopic (exact) mass is 369 g/mol. The third-order valence-corrected chi connectivity index (χ3v) is 3.74. The number of aliphatic imine (C=N–C) groups is 1. The van der Waals surface area contributed by atoms with Gasteiger partial charge in [0.25, 0.3) is 0 Å². The maximum Gasteiger partial charge on any atom is 0.344 e. The quantitative estimate of drug-likeness (QED) is 0.406. The number of esters is 1. The zero-order valence-corrected chi connectivity index (χ0v) is 15.4. The van der Waals surface area contributed by atoms with Crippen LogP contribution in [-0.2, 0) is 9.53 Å². The molecule has 2 rings (SSSR count). The van der Waals surface area contributed by atoms with Crippen LogP contribution in [0.15, 0.2) is 53.5 Å². The van der Waals surface area contributed by atoms with Gasteiger partial charge in [0, 0.05) is 6.21 Å². The number of aliphatic carboxylic acids is 1. The molecular weight excluding hydrogens is 346 g/mol. The first kappa shape index (κ1) is 20.2. The molecule has 0 amide bonds. The van der Waals surface area contributed by atoms with E-state index in [-0.39, 0.29) is 5.97 Å². The molecule has 142 valence electrons. The van der Waals surface area contributed by atoms with Crippen molar-refractivity contribution in [3.8, 4) is 5.75 Å². The molecule has 0 unspecified atom stereocenters. The van der Waals surface area contributed by atoms with E-state index in [1.807, 2.05) is 6.92 Å². The summed E-state index contributed by atoms with van der Waals surface area (Å²) < 4.78 is 10.4. The van der Waals surface area contributed by atoms with E-state index in [0.717, 1.165) is 18.4 Å². The van der Waals surface area contributed by atoms with Gasteiger partial charge < -0.3 is 14.6 Å². The normalized spacial score (nSPS) is 11.9. The van der Waals surface area contributed by atoms with E-state index in [1.54, 1.807) is 54.7 Å². The molecule has 0 aliphatic heterocycles. The molecule has 2 aromatic rings. The van der Waals surface area contributed by atoms with Crippen molar-refractivity contribution in [2.75, 3.05) is 6.61 Å². The lowest BCUT2D eigenvalue weighted by atomic mass is 10.2. The molecule has 6 heteroatoms. The molecule has 0 bridgehead atoms. The van der Waals surface area contributed by atoms with Gasteiger partial charge in [0.15, 0.2) is 6.10 Å². The van der Waals surface area contributed by atoms with Crippen molar-refractivity contribution in [2.45, 2.75) is 32.8 Å². The maximum absolute atomic E-state index is 11.9. The van der Waals surface area contributed by atoms with E-state index in [2.05, 4.69) is 4.99 Å². The second-order valence-electron chi connectivity index (χ2n) is 5.96. The average molecular weight is 369 g/mol. The van der Waals surface area contributed by atoms with Crippen LogP contribution >= 0.6 is 0 Å². The summed E-state index contributed by atoms with van der Waals surface area (Å²) in [6.07, 6.45) is 2.61. The van der Waals surface area contributed by atoms with Crippen LogP contribution in [0, 0.1) is 0 Å². The molecular formula is C21H23NO5. The second-order valence-corrected chi connectivity index (χ2v) is 5.96. The van der Waals surface area contributed by atoms with Crippen LogP contribution in [0.4, 0.5) is 5.69 Å². The average Bonchev–Trinajstić information content (AvgIpc) is 2.68. The van der Waals surface area contributed by atoms with E-state index in [4.69, 9.17) is 14.6 Å². The van der Waals surface area contributed by atoms with Gasteiger partial charge in [-0.05, 0) is 67.4 Å². The number of carbonyl (C=O) groups is 2. The van der Waals surface area contributed by atoms with Crippen LogP contribution in [0.2, 0.25) is 0 Å². The highest BCUT2D eigenvalue weighted by Crippen LogP contribution is 2.16. The second kappa shape index (κ2) is 10.1. The topological polar surface area (TPSA) is 85.2 Å². The summed E-state index contributed by atoms with van der Waals surface area (Å²) in [6, 6.07) is 13.8. The van der Waals surface area contributed by atoms with E-state index >= 15 is 0 Å². The van der Waals surface area contributed by atoms with E-state index in [0.29, 0.717) is 23.6 Å². The molecule has 0 heterocycles. The highest BCUT2D eigenvalue weighted by atomic mass is 16.5. The van der Waals surface area contributed by atoms with Crippen LogP contribution in [0.5, 0.6) is 5.75 Å². The lowest BCUT2D eigenvalue weighted by molar-refractivity contribution is -0.144. The number of unbranched alkanes of at least 4 members (excludes halogenated alkanes) is 1. The Kier molecular flexibility index (Phi) is 7.55. The fourth-order valence-electron chi connectivity index (χ4n) is 2.11. The lowest BCUT2D eigenvalue weighted by Crippen LogP contribution is -2.22. The minimum absolute atomic E-state index is 0.329. The molecule has 2 aromatic carbocycles. The molecule has 0 aliphatic rings. The molecule has 0 spiro atoms. The molecule has 0 aromatic heterocycles. The van der Waals surface area contributed by atoms with E-state index in [1.165, 1.54) is 6.92 Å². The largest absolute Gasteiger partial charge is 0.479 e. The van der Waals surface area contributed by atoms with Crippen LogP contribution in [0.3, 0.4) is 0 Å². The van der Waals surface area contributed by atoms with Gasteiger partial charge in [0.05, 0.1) is 17.9 Å². The third kappa shape index (κ3) is 6.58. The minimum Gasteiger partial charge on any atom is -0.479 e. The number of hydrogen-bond acceptors (Lipinski definition) is 5. The summed E-state index contributed by atoms with van der Waals surface area (Å²) in [5, 5.41) is 8.84. The van der Waals surface area contributed by atoms with Crippen LogP contribution in [0.1, 0.15) is 42.6 Å². The molecule has 6 nitrogen and oxygen atoms in total. The summed E-state index contributed by atoms with van der Waals surface area (Å²) >= 11 is 0. The number of hydrogen-bond donors (Lipinski definition) is 1. The van der Waals surface area contributed by atoms with Crippen molar-refractivity contribution in [3.63, 3.8) is 0 Å². The summed E-state index contributed by atoms with van der Waals surface area (Å²) in [5.74, 6) is -0.864. The first-order chi connectivity index (χ1) is 13.0. The number of rotatable bonds is 9. The van der Waals surface area contributed by atoms with Gasteiger partial charge in [-0.3, -0.25) is 4.99 Å². The SMILES string of the molecule is CCCCOC(=O)c1ccc(N=Cc2ccc(O[C@@H](C)C(=O)O)cc2)cc1. The first-order valence-corrected chi connectivity index (χ1v) is 8.80. The summed E-state index contributed by atoms with van der Waals surface area (Å²) in [5.41, 5.74) is 2.05. The predicted molar refractivity (Wildman–Crippen MR) is 103 cm³/mol. The molecule has 0 aliphatic carbocycles. The predicted octanol–water partition coefficient (Wildman–Crippen LogP) is 4.25. The lowest BCUT2D eigenvalue weighted by Gasteiger charge is -2.09. The Hall–Kier alpha value is -3.15. The molecule has 0 fully saturated rings. The van der Waals surface area contributed by atoms with Crippen LogP contribution in [-0.4, -0.2) is 36.0 Å². The van der Waals surface area contributed by atoms with E-state index in [9.17, 15) is 9.59 Å². The van der Waals surface area contributed by atoms with Crippen molar-refractivity contribution < 1.29 is 24.2 Å². The Morgan fingerprint density at radius 2 is 1.78 bits per heavy atom. The summed E-state index contributed by atoms with van der Waals surface area (Å²) in [4.78, 5) is 27.0. The number of carboxylic acids is 1. The van der Waals surface area contributed by atoms with Crippen molar-refractivity contribution in [3.05, 3.63) is 59.7 Å². The van der Waals surface area contributed by atoms with Gasteiger partial charge in [-0.1, -0.05) is 13.3 Å². The highest BCUT2D eigenvalue weighted by molar-refractivity contribution is 5.90. The van der Waals surface area contributed by atoms with Gasteiger partial charge >= 0.3 is 11.9 Å². The van der Waals surface area contributed by atoms with Gasteiger partial charge in [-0.25, -0.2) is 9.59 Å². The molecule has 0 saturated carbocycles. The van der Waals surface area contributed by atoms with Crippen LogP contribution < -0.4 is 4.74 Å². The van der Waals surface area contributed by atoms with Gasteiger partial charge in [0.1, 0.15) is 5.75 Å². The van der Waals surface area contributed by atoms with Crippen molar-refractivity contribution in [2.24, 2.45) is 4.99 Å². The Labute approximate surface area is 158 Å². The maximum atomic E-state index is 11.9. The molecule has 27 heavy (non-hydrogen) atoms. The smallest absolute Gasteiger partial charge is 0.344 e. The third-order valence-electron chi connectivity index (χ3n) is 3.74. The Morgan fingerprint density at radius 3 is 2.37 bits per heavy atom. The number of benzene rings is 2. The van der Waals surface area contributed by atoms with Gasteiger partial charge in [-0.2, -0.15) is 0 Å². The van der Waals surface area contributed by atoms with Crippen LogP contribution in [0.25, 0.3) is 0 Å². The first-order valence-electron chi connectivity index (χ1n) is 8.80. The molecule has 1 atom stereocenters. The van der Waals surface area contributed by atoms with Crippen molar-refractivity contribution in [1.29, 1.82) is 0 Å². The van der Waals surface area contributed by atoms with E-state index < -0.39 is 12.1 Å². The number of ether oxygens (including phenoxy) is 2. The Bertz CT molecular complexity index is 781. The summed E-state index contributed by atoms with van der Waals surface area (Å²) in [7, 11) is 0. The van der Waals surface area contributed by atoms with Gasteiger partial charge in [-0.15, -0.1) is 0 Å². The minimum atomic E-state index is -1.02. The highest BCUT2D eigenvalue weighted by Gasteiger charge is 2.11. The van der Waals surface area contributed by atoms with Crippen molar-refractivity contribution in [1.82, 2.24) is 0 Å². The Morgan fingerprint density at radius 1 is 1.11 bits per heavy atom. The standard InChI is InChI=1S/C21H23NO5/c1-3-4-13-26-21(25)17-7-9-18(10-8-17)22-14-16-5-11-19(12-6-16)27-15(2)20(23)24/h5-12,14-15H,3-4,13H2,1-2H3,(H,23,24)/t15-/m0/s1. The van der Waals surface area contributed by atoms with Crippen molar-refractivity contribution >= 4 is 23.8 Å².